The molecule has 2 aromatic rings. The molecule has 0 unspecified atom stereocenters. The second kappa shape index (κ2) is 9.82. The number of hydrogen-bond acceptors (Lipinski definition) is 6. The molecule has 7 nitrogen and oxygen atoms in total. The molecule has 144 valence electrons. The van der Waals surface area contributed by atoms with Crippen LogP contribution in [0.2, 0.25) is 0 Å². The van der Waals surface area contributed by atoms with Crippen molar-refractivity contribution in [3.05, 3.63) is 46.4 Å². The first-order valence-electron chi connectivity index (χ1n) is 8.09. The standard InChI is InChI=1S/C19H20BrNO6/c1-4-26-16-9-12(8-15(20)18(16)25-3)19(23)27-11-17(22)21-13-6-5-7-14(10-13)24-2/h5-10H,4,11H2,1-3H3,(H,21,22). The van der Waals surface area contributed by atoms with Crippen LogP contribution >= 0.6 is 15.9 Å². The van der Waals surface area contributed by atoms with Gasteiger partial charge in [0, 0.05) is 11.8 Å². The SMILES string of the molecule is CCOc1cc(C(=O)OCC(=O)Nc2cccc(OC)c2)cc(Br)c1OC. The first-order chi connectivity index (χ1) is 13.0. The molecular formula is C19H20BrNO6. The monoisotopic (exact) mass is 437 g/mol. The molecule has 27 heavy (non-hydrogen) atoms. The predicted molar refractivity (Wildman–Crippen MR) is 104 cm³/mol. The maximum Gasteiger partial charge on any atom is 0.338 e. The van der Waals surface area contributed by atoms with Crippen LogP contribution in [-0.4, -0.2) is 39.3 Å². The van der Waals surface area contributed by atoms with Gasteiger partial charge in [-0.2, -0.15) is 0 Å². The van der Waals surface area contributed by atoms with Gasteiger partial charge in [0.15, 0.2) is 18.1 Å². The number of benzene rings is 2. The molecule has 0 bridgehead atoms. The smallest absolute Gasteiger partial charge is 0.338 e. The molecule has 0 aliphatic carbocycles. The molecule has 0 atom stereocenters. The average Bonchev–Trinajstić information content (AvgIpc) is 2.66. The Bertz CT molecular complexity index is 824. The largest absolute Gasteiger partial charge is 0.497 e. The highest BCUT2D eigenvalue weighted by Gasteiger charge is 2.17. The van der Waals surface area contributed by atoms with Crippen molar-refractivity contribution >= 4 is 33.5 Å². The molecule has 1 amide bonds. The first-order valence-corrected chi connectivity index (χ1v) is 8.89. The number of halogens is 1. The van der Waals surface area contributed by atoms with E-state index in [0.29, 0.717) is 34.0 Å². The highest BCUT2D eigenvalue weighted by atomic mass is 79.9. The molecule has 1 N–H and O–H groups in total. The Morgan fingerprint density at radius 3 is 2.56 bits per heavy atom. The fraction of sp³-hybridized carbons (Fsp3) is 0.263. The van der Waals surface area contributed by atoms with E-state index in [4.69, 9.17) is 18.9 Å². The number of methoxy groups -OCH3 is 2. The van der Waals surface area contributed by atoms with E-state index in [1.54, 1.807) is 30.3 Å². The van der Waals surface area contributed by atoms with Crippen molar-refractivity contribution in [3.8, 4) is 17.2 Å². The quantitative estimate of drug-likeness (QED) is 0.634. The summed E-state index contributed by atoms with van der Waals surface area (Å²) in [7, 11) is 3.04. The van der Waals surface area contributed by atoms with E-state index in [2.05, 4.69) is 21.2 Å². The summed E-state index contributed by atoms with van der Waals surface area (Å²) >= 11 is 3.33. The molecule has 0 spiro atoms. The predicted octanol–water partition coefficient (Wildman–Crippen LogP) is 3.66. The van der Waals surface area contributed by atoms with Gasteiger partial charge in [0.1, 0.15) is 5.75 Å². The van der Waals surface area contributed by atoms with Crippen LogP contribution in [0.25, 0.3) is 0 Å². The van der Waals surface area contributed by atoms with Crippen molar-refractivity contribution in [1.82, 2.24) is 0 Å². The van der Waals surface area contributed by atoms with Gasteiger partial charge in [0.2, 0.25) is 0 Å². The third-order valence-corrected chi connectivity index (χ3v) is 4.03. The van der Waals surface area contributed by atoms with Gasteiger partial charge in [0.05, 0.1) is 30.9 Å². The minimum Gasteiger partial charge on any atom is -0.497 e. The summed E-state index contributed by atoms with van der Waals surface area (Å²) in [5, 5.41) is 2.63. The Hall–Kier alpha value is -2.74. The topological polar surface area (TPSA) is 83.1 Å². The Kier molecular flexibility index (Phi) is 7.48. The van der Waals surface area contributed by atoms with Gasteiger partial charge in [-0.25, -0.2) is 4.79 Å². The Morgan fingerprint density at radius 1 is 1.11 bits per heavy atom. The van der Waals surface area contributed by atoms with E-state index in [1.807, 2.05) is 6.92 Å². The minimum atomic E-state index is -0.653. The lowest BCUT2D eigenvalue weighted by atomic mass is 10.2. The molecule has 0 radical (unpaired) electrons. The number of carbonyl (C=O) groups is 2. The molecule has 0 aliphatic heterocycles. The van der Waals surface area contributed by atoms with Gasteiger partial charge in [-0.15, -0.1) is 0 Å². The Labute approximate surface area is 165 Å². The number of carbonyl (C=O) groups excluding carboxylic acids is 2. The number of anilines is 1. The Morgan fingerprint density at radius 2 is 1.89 bits per heavy atom. The van der Waals surface area contributed by atoms with Crippen molar-refractivity contribution < 1.29 is 28.5 Å². The zero-order chi connectivity index (χ0) is 19.8. The normalized spacial score (nSPS) is 10.1. The molecule has 0 saturated carbocycles. The summed E-state index contributed by atoms with van der Waals surface area (Å²) in [6, 6.07) is 9.92. The average molecular weight is 438 g/mol. The summed E-state index contributed by atoms with van der Waals surface area (Å²) in [6.07, 6.45) is 0. The maximum atomic E-state index is 12.3. The van der Waals surface area contributed by atoms with Crippen LogP contribution in [0.5, 0.6) is 17.2 Å². The molecule has 0 aliphatic rings. The number of ether oxygens (including phenoxy) is 4. The molecule has 2 rings (SSSR count). The fourth-order valence-corrected chi connectivity index (χ4v) is 2.86. The highest BCUT2D eigenvalue weighted by Crippen LogP contribution is 2.36. The third-order valence-electron chi connectivity index (χ3n) is 3.44. The number of nitrogens with one attached hydrogen (secondary N) is 1. The van der Waals surface area contributed by atoms with Crippen molar-refractivity contribution in [1.29, 1.82) is 0 Å². The van der Waals surface area contributed by atoms with Crippen molar-refractivity contribution in [2.45, 2.75) is 6.92 Å². The van der Waals surface area contributed by atoms with Crippen molar-refractivity contribution in [3.63, 3.8) is 0 Å². The second-order valence-electron chi connectivity index (χ2n) is 5.28. The molecule has 0 heterocycles. The summed E-state index contributed by atoms with van der Waals surface area (Å²) in [5.41, 5.74) is 0.779. The van der Waals surface area contributed by atoms with Crippen LogP contribution in [0.1, 0.15) is 17.3 Å². The van der Waals surface area contributed by atoms with Crippen LogP contribution in [0.15, 0.2) is 40.9 Å². The minimum absolute atomic E-state index is 0.236. The molecule has 0 fully saturated rings. The molecular weight excluding hydrogens is 418 g/mol. The van der Waals surface area contributed by atoms with Gasteiger partial charge in [-0.1, -0.05) is 6.07 Å². The first kappa shape index (κ1) is 20.6. The van der Waals surface area contributed by atoms with E-state index in [9.17, 15) is 9.59 Å². The van der Waals surface area contributed by atoms with Gasteiger partial charge in [-0.05, 0) is 47.1 Å². The van der Waals surface area contributed by atoms with Crippen LogP contribution in [-0.2, 0) is 9.53 Å². The van der Waals surface area contributed by atoms with Gasteiger partial charge >= 0.3 is 5.97 Å². The van der Waals surface area contributed by atoms with E-state index in [1.165, 1.54) is 20.3 Å². The lowest BCUT2D eigenvalue weighted by molar-refractivity contribution is -0.119. The summed E-state index contributed by atoms with van der Waals surface area (Å²) in [4.78, 5) is 24.3. The number of esters is 1. The Balaban J connectivity index is 2.01. The fourth-order valence-electron chi connectivity index (χ4n) is 2.26. The molecule has 0 aromatic heterocycles. The zero-order valence-electron chi connectivity index (χ0n) is 15.2. The van der Waals surface area contributed by atoms with Gasteiger partial charge in [0.25, 0.3) is 5.91 Å². The van der Waals surface area contributed by atoms with Crippen LogP contribution in [0, 0.1) is 0 Å². The van der Waals surface area contributed by atoms with Crippen molar-refractivity contribution in [2.75, 3.05) is 32.8 Å². The highest BCUT2D eigenvalue weighted by molar-refractivity contribution is 9.10. The molecule has 0 saturated heterocycles. The lowest BCUT2D eigenvalue weighted by Crippen LogP contribution is -2.21. The summed E-state index contributed by atoms with van der Waals surface area (Å²) in [5.74, 6) is 0.372. The van der Waals surface area contributed by atoms with Gasteiger partial charge < -0.3 is 24.3 Å². The van der Waals surface area contributed by atoms with Crippen LogP contribution in [0.4, 0.5) is 5.69 Å². The second-order valence-corrected chi connectivity index (χ2v) is 6.13. The van der Waals surface area contributed by atoms with Crippen LogP contribution in [0.3, 0.4) is 0 Å². The maximum absolute atomic E-state index is 12.3. The van der Waals surface area contributed by atoms with E-state index >= 15 is 0 Å². The number of hydrogen-bond donors (Lipinski definition) is 1. The van der Waals surface area contributed by atoms with Crippen molar-refractivity contribution in [2.24, 2.45) is 0 Å². The van der Waals surface area contributed by atoms with Crippen LogP contribution < -0.4 is 19.5 Å². The van der Waals surface area contributed by atoms with E-state index < -0.39 is 18.5 Å². The summed E-state index contributed by atoms with van der Waals surface area (Å²) in [6.45, 7) is 1.80. The molecule has 8 heteroatoms. The van der Waals surface area contributed by atoms with E-state index in [-0.39, 0.29) is 5.56 Å². The number of amides is 1. The third kappa shape index (κ3) is 5.62. The molecule has 2 aromatic carbocycles. The summed E-state index contributed by atoms with van der Waals surface area (Å²) < 4.78 is 21.4. The number of rotatable bonds is 8. The van der Waals surface area contributed by atoms with Gasteiger partial charge in [-0.3, -0.25) is 4.79 Å². The zero-order valence-corrected chi connectivity index (χ0v) is 16.8. The lowest BCUT2D eigenvalue weighted by Gasteiger charge is -2.13. The van der Waals surface area contributed by atoms with E-state index in [0.717, 1.165) is 0 Å².